The van der Waals surface area contributed by atoms with Gasteiger partial charge in [0.25, 0.3) is 5.91 Å². The third-order valence-corrected chi connectivity index (χ3v) is 5.15. The molecule has 0 aliphatic heterocycles. The van der Waals surface area contributed by atoms with Gasteiger partial charge in [-0.25, -0.2) is 14.2 Å². The van der Waals surface area contributed by atoms with E-state index >= 15 is 0 Å². The molecule has 1 heterocycles. The van der Waals surface area contributed by atoms with Gasteiger partial charge in [0, 0.05) is 5.56 Å². The van der Waals surface area contributed by atoms with Crippen LogP contribution in [0.4, 0.5) is 4.39 Å². The van der Waals surface area contributed by atoms with Crippen molar-refractivity contribution in [2.24, 2.45) is 0 Å². The quantitative estimate of drug-likeness (QED) is 0.785. The number of rotatable bonds is 7. The molecule has 2 rings (SSSR count). The highest BCUT2D eigenvalue weighted by Crippen LogP contribution is 2.29. The minimum absolute atomic E-state index is 0.295. The molecule has 1 aromatic heterocycles. The van der Waals surface area contributed by atoms with Crippen LogP contribution in [-0.2, 0) is 4.79 Å². The smallest absolute Gasteiger partial charge is 0.326 e. The van der Waals surface area contributed by atoms with Crippen molar-refractivity contribution in [1.29, 1.82) is 0 Å². The number of carbonyl (C=O) groups is 2. The van der Waals surface area contributed by atoms with E-state index < -0.39 is 23.7 Å². The summed E-state index contributed by atoms with van der Waals surface area (Å²) in [7, 11) is 0. The maximum absolute atomic E-state index is 13.9. The van der Waals surface area contributed by atoms with Crippen molar-refractivity contribution in [2.45, 2.75) is 19.4 Å². The second-order valence-electron chi connectivity index (χ2n) is 5.06. The molecule has 1 aromatic carbocycles. The summed E-state index contributed by atoms with van der Waals surface area (Å²) in [5.41, 5.74) is 0.770. The van der Waals surface area contributed by atoms with E-state index in [9.17, 15) is 19.1 Å². The second-order valence-corrected chi connectivity index (χ2v) is 7.04. The van der Waals surface area contributed by atoms with Gasteiger partial charge in [-0.05, 0) is 37.5 Å². The molecule has 0 saturated heterocycles. The Balaban J connectivity index is 2.21. The van der Waals surface area contributed by atoms with Gasteiger partial charge < -0.3 is 10.4 Å². The number of nitrogens with one attached hydrogen (secondary N) is 1. The maximum atomic E-state index is 13.9. The van der Waals surface area contributed by atoms with Gasteiger partial charge in [0.05, 0.1) is 5.69 Å². The number of hydrogen-bond donors (Lipinski definition) is 2. The maximum Gasteiger partial charge on any atom is 0.326 e. The van der Waals surface area contributed by atoms with E-state index in [-0.39, 0.29) is 0 Å². The molecule has 1 amide bonds. The van der Waals surface area contributed by atoms with Gasteiger partial charge >= 0.3 is 5.97 Å². The van der Waals surface area contributed by atoms with Crippen LogP contribution in [-0.4, -0.2) is 40.0 Å². The van der Waals surface area contributed by atoms with Gasteiger partial charge in [-0.15, -0.1) is 11.3 Å². The van der Waals surface area contributed by atoms with Crippen molar-refractivity contribution in [3.63, 3.8) is 0 Å². The second kappa shape index (κ2) is 8.25. The molecule has 0 bridgehead atoms. The van der Waals surface area contributed by atoms with Crippen LogP contribution in [0.2, 0.25) is 0 Å². The van der Waals surface area contributed by atoms with Gasteiger partial charge in [0.15, 0.2) is 0 Å². The van der Waals surface area contributed by atoms with Crippen molar-refractivity contribution in [1.82, 2.24) is 10.3 Å². The minimum Gasteiger partial charge on any atom is -0.480 e. The van der Waals surface area contributed by atoms with Crippen LogP contribution in [0.1, 0.15) is 21.8 Å². The summed E-state index contributed by atoms with van der Waals surface area (Å²) >= 11 is 2.56. The van der Waals surface area contributed by atoms with Crippen molar-refractivity contribution in [2.75, 3.05) is 12.0 Å². The van der Waals surface area contributed by atoms with Crippen molar-refractivity contribution in [3.05, 3.63) is 40.7 Å². The molecule has 2 N–H and O–H groups in total. The van der Waals surface area contributed by atoms with Crippen LogP contribution in [0.15, 0.2) is 24.3 Å². The number of aryl methyl sites for hydroxylation is 1. The Kier molecular flexibility index (Phi) is 6.33. The highest BCUT2D eigenvalue weighted by atomic mass is 32.2. The van der Waals surface area contributed by atoms with Crippen LogP contribution in [0.25, 0.3) is 10.6 Å². The SMILES string of the molecule is CSCC[C@H](NC(=O)c1sc(-c2ccccc2F)nc1C)C(=O)O. The molecule has 5 nitrogen and oxygen atoms in total. The predicted octanol–water partition coefficient (Wildman–Crippen LogP) is 3.19. The van der Waals surface area contributed by atoms with E-state index in [2.05, 4.69) is 10.3 Å². The number of halogens is 1. The highest BCUT2D eigenvalue weighted by molar-refractivity contribution is 7.98. The minimum atomic E-state index is -1.08. The van der Waals surface area contributed by atoms with E-state index in [1.165, 1.54) is 17.8 Å². The lowest BCUT2D eigenvalue weighted by molar-refractivity contribution is -0.139. The summed E-state index contributed by atoms with van der Waals surface area (Å²) in [6, 6.07) is 5.24. The van der Waals surface area contributed by atoms with E-state index in [4.69, 9.17) is 0 Å². The predicted molar refractivity (Wildman–Crippen MR) is 94.1 cm³/mol. The number of aromatic nitrogens is 1. The molecule has 0 saturated carbocycles. The number of benzene rings is 1. The van der Waals surface area contributed by atoms with Crippen LogP contribution in [0, 0.1) is 12.7 Å². The van der Waals surface area contributed by atoms with Crippen LogP contribution >= 0.6 is 23.1 Å². The standard InChI is InChI=1S/C16H17FN2O3S2/c1-9-13(14(20)19-12(16(21)22)7-8-23-2)24-15(18-9)10-5-3-4-6-11(10)17/h3-6,12H,7-8H2,1-2H3,(H,19,20)(H,21,22)/t12-/m0/s1. The molecule has 2 aromatic rings. The molecule has 128 valence electrons. The molecule has 0 aliphatic rings. The van der Waals surface area contributed by atoms with Gasteiger partial charge in [-0.2, -0.15) is 11.8 Å². The summed E-state index contributed by atoms with van der Waals surface area (Å²) in [6.45, 7) is 1.65. The first-order valence-electron chi connectivity index (χ1n) is 7.19. The molecule has 0 radical (unpaired) electrons. The molecule has 0 spiro atoms. The van der Waals surface area contributed by atoms with Crippen LogP contribution < -0.4 is 5.32 Å². The first-order chi connectivity index (χ1) is 11.4. The van der Waals surface area contributed by atoms with Crippen molar-refractivity contribution >= 4 is 35.0 Å². The topological polar surface area (TPSA) is 79.3 Å². The van der Waals surface area contributed by atoms with E-state index in [1.807, 2.05) is 6.26 Å². The van der Waals surface area contributed by atoms with Gasteiger partial charge in [0.2, 0.25) is 0 Å². The number of aliphatic carboxylic acids is 1. The van der Waals surface area contributed by atoms with Gasteiger partial charge in [-0.3, -0.25) is 4.79 Å². The Hall–Kier alpha value is -1.93. The molecule has 8 heteroatoms. The zero-order chi connectivity index (χ0) is 17.7. The van der Waals surface area contributed by atoms with Gasteiger partial charge in [-0.1, -0.05) is 12.1 Å². The Morgan fingerprint density at radius 2 is 2.12 bits per heavy atom. The number of carbonyl (C=O) groups excluding carboxylic acids is 1. The molecule has 24 heavy (non-hydrogen) atoms. The number of carboxylic acid groups (broad SMARTS) is 1. The van der Waals surface area contributed by atoms with Crippen molar-refractivity contribution in [3.8, 4) is 10.6 Å². The molecular formula is C16H17FN2O3S2. The number of nitrogens with zero attached hydrogens (tertiary/aromatic N) is 1. The lowest BCUT2D eigenvalue weighted by Gasteiger charge is -2.13. The third kappa shape index (κ3) is 4.33. The average Bonchev–Trinajstić information content (AvgIpc) is 2.93. The molecular weight excluding hydrogens is 351 g/mol. The first-order valence-corrected chi connectivity index (χ1v) is 9.40. The molecule has 0 fully saturated rings. The van der Waals surface area contributed by atoms with E-state index in [1.54, 1.807) is 25.1 Å². The fourth-order valence-electron chi connectivity index (χ4n) is 2.07. The number of hydrogen-bond acceptors (Lipinski definition) is 5. The largest absolute Gasteiger partial charge is 0.480 e. The summed E-state index contributed by atoms with van der Waals surface area (Å²) in [5.74, 6) is -1.36. The Labute approximate surface area is 147 Å². The van der Waals surface area contributed by atoms with Gasteiger partial charge in [0.1, 0.15) is 21.7 Å². The van der Waals surface area contributed by atoms with E-state index in [0.29, 0.717) is 33.3 Å². The lowest BCUT2D eigenvalue weighted by atomic mass is 10.2. The molecule has 0 unspecified atom stereocenters. The summed E-state index contributed by atoms with van der Waals surface area (Å²) in [4.78, 5) is 28.1. The summed E-state index contributed by atoms with van der Waals surface area (Å²) in [6.07, 6.45) is 2.20. The molecule has 1 atom stereocenters. The Bertz CT molecular complexity index is 749. The number of thioether (sulfide) groups is 1. The van der Waals surface area contributed by atoms with Crippen LogP contribution in [0.3, 0.4) is 0 Å². The number of amides is 1. The zero-order valence-electron chi connectivity index (χ0n) is 13.2. The highest BCUT2D eigenvalue weighted by Gasteiger charge is 2.23. The monoisotopic (exact) mass is 368 g/mol. The molecule has 0 aliphatic carbocycles. The van der Waals surface area contributed by atoms with Crippen molar-refractivity contribution < 1.29 is 19.1 Å². The summed E-state index contributed by atoms with van der Waals surface area (Å²) < 4.78 is 13.9. The lowest BCUT2D eigenvalue weighted by Crippen LogP contribution is -2.41. The average molecular weight is 368 g/mol. The normalized spacial score (nSPS) is 12.0. The number of thiazole rings is 1. The Morgan fingerprint density at radius 1 is 1.42 bits per heavy atom. The van der Waals surface area contributed by atoms with E-state index in [0.717, 1.165) is 11.3 Å². The fraction of sp³-hybridized carbons (Fsp3) is 0.312. The first kappa shape index (κ1) is 18.4. The van der Waals surface area contributed by atoms with Crippen LogP contribution in [0.5, 0.6) is 0 Å². The fourth-order valence-corrected chi connectivity index (χ4v) is 3.54. The number of carboxylic acids is 1. The third-order valence-electron chi connectivity index (χ3n) is 3.32. The Morgan fingerprint density at radius 3 is 2.75 bits per heavy atom. The zero-order valence-corrected chi connectivity index (χ0v) is 14.8. The summed E-state index contributed by atoms with van der Waals surface area (Å²) in [5, 5.41) is 12.1.